The van der Waals surface area contributed by atoms with Crippen LogP contribution in [0, 0.1) is 12.3 Å². The normalized spacial score (nSPS) is 17.4. The molecule has 1 fully saturated rings. The van der Waals surface area contributed by atoms with E-state index in [0.29, 0.717) is 12.1 Å². The molecule has 1 aliphatic heterocycles. The summed E-state index contributed by atoms with van der Waals surface area (Å²) in [5.41, 5.74) is 0.368. The molecule has 2 heterocycles. The van der Waals surface area contributed by atoms with Crippen molar-refractivity contribution in [3.05, 3.63) is 52.2 Å². The molecule has 0 spiro atoms. The highest BCUT2D eigenvalue weighted by Gasteiger charge is 2.31. The minimum atomic E-state index is -3.72. The van der Waals surface area contributed by atoms with Gasteiger partial charge in [0.2, 0.25) is 10.0 Å². The number of carbonyl (C=O) groups excluding carboxylic acids is 1. The number of hydrogen-bond acceptors (Lipinski definition) is 4. The third-order valence-electron chi connectivity index (χ3n) is 4.14. The first-order valence-electron chi connectivity index (χ1n) is 7.90. The highest BCUT2D eigenvalue weighted by atomic mass is 32.2. The molecule has 1 atom stereocenters. The Labute approximate surface area is 151 Å². The zero-order valence-electron chi connectivity index (χ0n) is 13.5. The third-order valence-corrected chi connectivity index (χ3v) is 6.51. The number of hydrogen-bond donors (Lipinski definition) is 1. The Balaban J connectivity index is 1.86. The Bertz CT molecular complexity index is 899. The molecule has 1 aromatic heterocycles. The molecule has 0 radical (unpaired) electrons. The summed E-state index contributed by atoms with van der Waals surface area (Å²) in [6, 6.07) is 10.2. The number of nitrogens with zero attached hydrogens (tertiary/aromatic N) is 1. The molecule has 1 saturated heterocycles. The van der Waals surface area contributed by atoms with Gasteiger partial charge in [0.05, 0.1) is 17.5 Å². The summed E-state index contributed by atoms with van der Waals surface area (Å²) in [7, 11) is -3.72. The van der Waals surface area contributed by atoms with E-state index in [2.05, 4.69) is 10.6 Å². The lowest BCUT2D eigenvalue weighted by Crippen LogP contribution is -2.30. The van der Waals surface area contributed by atoms with Crippen LogP contribution >= 0.6 is 11.3 Å². The van der Waals surface area contributed by atoms with Crippen molar-refractivity contribution in [1.82, 2.24) is 9.62 Å². The fourth-order valence-corrected chi connectivity index (χ4v) is 4.82. The fourth-order valence-electron chi connectivity index (χ4n) is 2.97. The van der Waals surface area contributed by atoms with E-state index >= 15 is 0 Å². The topological polar surface area (TPSA) is 66.5 Å². The highest BCUT2D eigenvalue weighted by molar-refractivity contribution is 7.89. The Morgan fingerprint density at radius 3 is 2.92 bits per heavy atom. The van der Waals surface area contributed by atoms with Crippen LogP contribution in [0.2, 0.25) is 0 Å². The van der Waals surface area contributed by atoms with Gasteiger partial charge in [0, 0.05) is 17.0 Å². The maximum absolute atomic E-state index is 12.9. The van der Waals surface area contributed by atoms with Crippen LogP contribution in [0.1, 0.15) is 34.1 Å². The van der Waals surface area contributed by atoms with Crippen LogP contribution in [0.3, 0.4) is 0 Å². The van der Waals surface area contributed by atoms with Gasteiger partial charge in [-0.25, -0.2) is 8.42 Å². The highest BCUT2D eigenvalue weighted by Crippen LogP contribution is 2.35. The Morgan fingerprint density at radius 1 is 1.36 bits per heavy atom. The zero-order valence-corrected chi connectivity index (χ0v) is 15.1. The van der Waals surface area contributed by atoms with Gasteiger partial charge in [0.1, 0.15) is 0 Å². The molecule has 0 bridgehead atoms. The molecule has 1 unspecified atom stereocenters. The van der Waals surface area contributed by atoms with Gasteiger partial charge < -0.3 is 4.90 Å². The number of benzene rings is 1. The van der Waals surface area contributed by atoms with Crippen molar-refractivity contribution in [2.24, 2.45) is 0 Å². The molecule has 0 saturated carbocycles. The Hall–Kier alpha value is -2.14. The summed E-state index contributed by atoms with van der Waals surface area (Å²) in [6.07, 6.45) is 6.96. The largest absolute Gasteiger partial charge is 0.331 e. The number of carbonyl (C=O) groups is 1. The van der Waals surface area contributed by atoms with E-state index in [0.717, 1.165) is 17.7 Å². The van der Waals surface area contributed by atoms with Crippen LogP contribution in [0.5, 0.6) is 0 Å². The average molecular weight is 374 g/mol. The average Bonchev–Trinajstić information content (AvgIpc) is 3.30. The van der Waals surface area contributed by atoms with Gasteiger partial charge in [-0.3, -0.25) is 4.79 Å². The van der Waals surface area contributed by atoms with Crippen LogP contribution in [0.4, 0.5) is 0 Å². The van der Waals surface area contributed by atoms with Crippen molar-refractivity contribution < 1.29 is 13.2 Å². The summed E-state index contributed by atoms with van der Waals surface area (Å²) in [4.78, 5) is 16.0. The number of rotatable bonds is 5. The second-order valence-corrected chi connectivity index (χ2v) is 8.47. The standard InChI is InChI=1S/C18H18N2O3S2/c1-2-10-19-25(22,23)15-7-3-6-14(13-15)18(21)20-11-4-8-16(20)17-9-5-12-24-17/h1,3,5-7,9,12-13,16,19H,4,8,10-11H2. The van der Waals surface area contributed by atoms with E-state index in [1.54, 1.807) is 23.5 Å². The van der Waals surface area contributed by atoms with Crippen LogP contribution in [-0.2, 0) is 10.0 Å². The molecule has 5 nitrogen and oxygen atoms in total. The molecule has 1 amide bonds. The maximum Gasteiger partial charge on any atom is 0.254 e. The Kier molecular flexibility index (Phi) is 5.23. The first kappa shape index (κ1) is 17.7. The quantitative estimate of drug-likeness (QED) is 0.818. The molecule has 2 aromatic rings. The lowest BCUT2D eigenvalue weighted by atomic mass is 10.1. The number of nitrogens with one attached hydrogen (secondary N) is 1. The summed E-state index contributed by atoms with van der Waals surface area (Å²) >= 11 is 1.63. The second-order valence-electron chi connectivity index (χ2n) is 5.73. The van der Waals surface area contributed by atoms with E-state index < -0.39 is 10.0 Å². The monoisotopic (exact) mass is 374 g/mol. The smallest absolute Gasteiger partial charge is 0.254 e. The summed E-state index contributed by atoms with van der Waals surface area (Å²) < 4.78 is 26.7. The number of terminal acetylenes is 1. The number of amides is 1. The van der Waals surface area contributed by atoms with E-state index in [-0.39, 0.29) is 23.4 Å². The molecule has 7 heteroatoms. The maximum atomic E-state index is 12.9. The fraction of sp³-hybridized carbons (Fsp3) is 0.278. The Morgan fingerprint density at radius 2 is 2.20 bits per heavy atom. The van der Waals surface area contributed by atoms with Crippen molar-refractivity contribution in [3.8, 4) is 12.3 Å². The van der Waals surface area contributed by atoms with Gasteiger partial charge in [-0.15, -0.1) is 17.8 Å². The first-order chi connectivity index (χ1) is 12.0. The van der Waals surface area contributed by atoms with Crippen LogP contribution < -0.4 is 4.72 Å². The van der Waals surface area contributed by atoms with E-state index in [4.69, 9.17) is 6.42 Å². The zero-order chi connectivity index (χ0) is 17.9. The van der Waals surface area contributed by atoms with Crippen molar-refractivity contribution in [2.75, 3.05) is 13.1 Å². The van der Waals surface area contributed by atoms with Gasteiger partial charge in [0.15, 0.2) is 0 Å². The van der Waals surface area contributed by atoms with Crippen LogP contribution in [-0.4, -0.2) is 32.3 Å². The molecule has 0 aliphatic carbocycles. The molecule has 130 valence electrons. The van der Waals surface area contributed by atoms with Gasteiger partial charge >= 0.3 is 0 Å². The first-order valence-corrected chi connectivity index (χ1v) is 10.3. The summed E-state index contributed by atoms with van der Waals surface area (Å²) in [5, 5.41) is 2.00. The molecular weight excluding hydrogens is 356 g/mol. The summed E-state index contributed by atoms with van der Waals surface area (Å²) in [6.45, 7) is 0.584. The van der Waals surface area contributed by atoms with Crippen LogP contribution in [0.15, 0.2) is 46.7 Å². The van der Waals surface area contributed by atoms with Gasteiger partial charge in [0.25, 0.3) is 5.91 Å². The van der Waals surface area contributed by atoms with Crippen molar-refractivity contribution in [3.63, 3.8) is 0 Å². The molecular formula is C18H18N2O3S2. The van der Waals surface area contributed by atoms with E-state index in [9.17, 15) is 13.2 Å². The second kappa shape index (κ2) is 7.40. The predicted octanol–water partition coefficient (Wildman–Crippen LogP) is 2.64. The number of thiophene rings is 1. The van der Waals surface area contributed by atoms with Gasteiger partial charge in [-0.2, -0.15) is 4.72 Å². The molecule has 25 heavy (non-hydrogen) atoms. The molecule has 1 aliphatic rings. The predicted molar refractivity (Wildman–Crippen MR) is 97.8 cm³/mol. The third kappa shape index (κ3) is 3.76. The van der Waals surface area contributed by atoms with E-state index in [1.165, 1.54) is 12.1 Å². The number of sulfonamides is 1. The minimum absolute atomic E-state index is 0.0421. The van der Waals surface area contributed by atoms with Gasteiger partial charge in [-0.1, -0.05) is 18.1 Å². The van der Waals surface area contributed by atoms with Crippen molar-refractivity contribution in [1.29, 1.82) is 0 Å². The SMILES string of the molecule is C#CCNS(=O)(=O)c1cccc(C(=O)N2CCCC2c2cccs2)c1. The molecule has 1 aromatic carbocycles. The lowest BCUT2D eigenvalue weighted by molar-refractivity contribution is 0.0737. The minimum Gasteiger partial charge on any atom is -0.331 e. The number of likely N-dealkylation sites (tertiary alicyclic amines) is 1. The molecule has 3 rings (SSSR count). The lowest BCUT2D eigenvalue weighted by Gasteiger charge is -2.24. The van der Waals surface area contributed by atoms with Crippen molar-refractivity contribution >= 4 is 27.3 Å². The summed E-state index contributed by atoms with van der Waals surface area (Å²) in [5.74, 6) is 2.08. The van der Waals surface area contributed by atoms with Crippen molar-refractivity contribution in [2.45, 2.75) is 23.8 Å². The van der Waals surface area contributed by atoms with Gasteiger partial charge in [-0.05, 0) is 42.5 Å². The molecule has 1 N–H and O–H groups in total. The van der Waals surface area contributed by atoms with E-state index in [1.807, 2.05) is 22.4 Å². The van der Waals surface area contributed by atoms with Crippen LogP contribution in [0.25, 0.3) is 0 Å².